The molecule has 1 aliphatic rings. The molecule has 2 aromatic rings. The number of rotatable bonds is 5. The van der Waals surface area contributed by atoms with Crippen molar-refractivity contribution in [2.24, 2.45) is 0 Å². The number of benzene rings is 1. The van der Waals surface area contributed by atoms with Gasteiger partial charge in [-0.1, -0.05) is 6.07 Å². The molecule has 3 unspecified atom stereocenters. The molecule has 0 bridgehead atoms. The van der Waals surface area contributed by atoms with Gasteiger partial charge in [0.25, 0.3) is 5.91 Å². The Hall–Kier alpha value is -2.65. The van der Waals surface area contributed by atoms with Crippen molar-refractivity contribution in [2.45, 2.75) is 38.1 Å². The Balaban J connectivity index is 0.000000253. The fraction of sp³-hybridized carbons (Fsp3) is 0.400. The molecule has 3 atom stereocenters. The first-order valence-electron chi connectivity index (χ1n) is 9.00. The first kappa shape index (κ1) is 22.6. The van der Waals surface area contributed by atoms with Gasteiger partial charge in [-0.3, -0.25) is 9.78 Å². The van der Waals surface area contributed by atoms with Crippen LogP contribution in [0.3, 0.4) is 0 Å². The van der Waals surface area contributed by atoms with E-state index in [1.807, 2.05) is 6.92 Å². The number of alkyl halides is 1. The number of amides is 1. The molecule has 1 aromatic heterocycles. The Kier molecular flexibility index (Phi) is 8.41. The van der Waals surface area contributed by atoms with Gasteiger partial charge >= 0.3 is 0 Å². The van der Waals surface area contributed by atoms with Crippen LogP contribution in [0.2, 0.25) is 0 Å². The standard InChI is InChI=1S/C13H17FN2O3.C7H6F2O/c1-8-2-5-12(19-8)13(18)16-9-3-4-11(15-6-9)10(14)7-17;1-10-6-4-2-3-5(8)7(6)9/h3-4,6,8,10,12,17H,2,5,7H2,1H3,(H,16,18);2-4H,1H3. The maximum absolute atomic E-state index is 13.1. The van der Waals surface area contributed by atoms with E-state index in [2.05, 4.69) is 15.0 Å². The molecule has 1 amide bonds. The van der Waals surface area contributed by atoms with Crippen LogP contribution in [0.1, 0.15) is 31.6 Å². The minimum Gasteiger partial charge on any atom is -0.494 e. The van der Waals surface area contributed by atoms with Crippen LogP contribution in [0, 0.1) is 11.6 Å². The van der Waals surface area contributed by atoms with Gasteiger partial charge in [-0.05, 0) is 44.0 Å². The normalized spacial score (nSPS) is 19.1. The van der Waals surface area contributed by atoms with E-state index in [1.165, 1.54) is 31.5 Å². The first-order chi connectivity index (χ1) is 13.8. The van der Waals surface area contributed by atoms with Crippen molar-refractivity contribution < 1.29 is 32.5 Å². The van der Waals surface area contributed by atoms with Crippen molar-refractivity contribution in [1.29, 1.82) is 0 Å². The molecule has 0 radical (unpaired) electrons. The Bertz CT molecular complexity index is 805. The molecule has 9 heteroatoms. The zero-order chi connectivity index (χ0) is 21.4. The number of methoxy groups -OCH3 is 1. The summed E-state index contributed by atoms with van der Waals surface area (Å²) in [5.41, 5.74) is 0.633. The highest BCUT2D eigenvalue weighted by Crippen LogP contribution is 2.21. The number of aliphatic hydroxyl groups is 1. The number of carbonyl (C=O) groups excluding carboxylic acids is 1. The summed E-state index contributed by atoms with van der Waals surface area (Å²) in [6, 6.07) is 6.78. The van der Waals surface area contributed by atoms with Crippen molar-refractivity contribution in [1.82, 2.24) is 4.98 Å². The molecular weight excluding hydrogens is 389 g/mol. The van der Waals surface area contributed by atoms with E-state index in [0.29, 0.717) is 12.1 Å². The second kappa shape index (κ2) is 10.8. The first-order valence-corrected chi connectivity index (χ1v) is 9.00. The summed E-state index contributed by atoms with van der Waals surface area (Å²) in [6.45, 7) is 1.33. The van der Waals surface area contributed by atoms with Crippen molar-refractivity contribution in [3.05, 3.63) is 53.9 Å². The quantitative estimate of drug-likeness (QED) is 0.785. The minimum absolute atomic E-state index is 0.0694. The number of ether oxygens (including phenoxy) is 2. The largest absolute Gasteiger partial charge is 0.494 e. The summed E-state index contributed by atoms with van der Waals surface area (Å²) in [7, 11) is 1.29. The minimum atomic E-state index is -1.50. The lowest BCUT2D eigenvalue weighted by molar-refractivity contribution is -0.126. The molecule has 2 heterocycles. The lowest BCUT2D eigenvalue weighted by Gasteiger charge is -2.12. The van der Waals surface area contributed by atoms with Gasteiger partial charge in [-0.2, -0.15) is 4.39 Å². The Labute approximate surface area is 166 Å². The number of carbonyl (C=O) groups is 1. The van der Waals surface area contributed by atoms with E-state index >= 15 is 0 Å². The monoisotopic (exact) mass is 412 g/mol. The Morgan fingerprint density at radius 2 is 2.10 bits per heavy atom. The van der Waals surface area contributed by atoms with Gasteiger partial charge < -0.3 is 19.9 Å². The third-order valence-corrected chi connectivity index (χ3v) is 4.20. The SMILES string of the molecule is CC1CCC(C(=O)Nc2ccc(C(F)CO)nc2)O1.COc1cccc(F)c1F. The fourth-order valence-corrected chi connectivity index (χ4v) is 2.62. The molecule has 0 aliphatic carbocycles. The second-order valence-electron chi connectivity index (χ2n) is 6.38. The van der Waals surface area contributed by atoms with E-state index in [1.54, 1.807) is 6.07 Å². The highest BCUT2D eigenvalue weighted by molar-refractivity contribution is 5.94. The molecule has 0 saturated carbocycles. The number of halogens is 3. The van der Waals surface area contributed by atoms with E-state index in [0.717, 1.165) is 12.5 Å². The van der Waals surface area contributed by atoms with E-state index in [4.69, 9.17) is 9.84 Å². The van der Waals surface area contributed by atoms with Crippen LogP contribution in [0.15, 0.2) is 36.5 Å². The zero-order valence-electron chi connectivity index (χ0n) is 16.1. The van der Waals surface area contributed by atoms with Crippen molar-refractivity contribution in [2.75, 3.05) is 19.0 Å². The van der Waals surface area contributed by atoms with Crippen LogP contribution < -0.4 is 10.1 Å². The van der Waals surface area contributed by atoms with Gasteiger partial charge in [-0.25, -0.2) is 8.78 Å². The van der Waals surface area contributed by atoms with Crippen molar-refractivity contribution in [3.8, 4) is 5.75 Å². The van der Waals surface area contributed by atoms with Crippen molar-refractivity contribution >= 4 is 11.6 Å². The third-order valence-electron chi connectivity index (χ3n) is 4.20. The van der Waals surface area contributed by atoms with E-state index in [9.17, 15) is 18.0 Å². The molecule has 1 saturated heterocycles. The summed E-state index contributed by atoms with van der Waals surface area (Å²) in [5.74, 6) is -2.11. The molecule has 29 heavy (non-hydrogen) atoms. The topological polar surface area (TPSA) is 80.7 Å². The summed E-state index contributed by atoms with van der Waals surface area (Å²) in [4.78, 5) is 15.7. The molecule has 1 fully saturated rings. The van der Waals surface area contributed by atoms with Gasteiger partial charge in [0, 0.05) is 0 Å². The van der Waals surface area contributed by atoms with Crippen LogP contribution in [0.4, 0.5) is 18.9 Å². The van der Waals surface area contributed by atoms with Gasteiger partial charge in [-0.15, -0.1) is 0 Å². The highest BCUT2D eigenvalue weighted by atomic mass is 19.2. The molecule has 6 nitrogen and oxygen atoms in total. The molecule has 0 spiro atoms. The Morgan fingerprint density at radius 3 is 2.62 bits per heavy atom. The fourth-order valence-electron chi connectivity index (χ4n) is 2.62. The predicted molar refractivity (Wildman–Crippen MR) is 100 cm³/mol. The zero-order valence-corrected chi connectivity index (χ0v) is 16.1. The molecule has 3 rings (SSSR count). The van der Waals surface area contributed by atoms with Gasteiger partial charge in [0.2, 0.25) is 5.82 Å². The number of nitrogens with zero attached hydrogens (tertiary/aromatic N) is 1. The highest BCUT2D eigenvalue weighted by Gasteiger charge is 2.28. The second-order valence-corrected chi connectivity index (χ2v) is 6.38. The smallest absolute Gasteiger partial charge is 0.253 e. The predicted octanol–water partition coefficient (Wildman–Crippen LogP) is 3.56. The van der Waals surface area contributed by atoms with Crippen LogP contribution >= 0.6 is 0 Å². The van der Waals surface area contributed by atoms with Gasteiger partial charge in [0.05, 0.1) is 37.4 Å². The number of anilines is 1. The number of nitrogens with one attached hydrogen (secondary N) is 1. The summed E-state index contributed by atoms with van der Waals surface area (Å²) in [6.07, 6.45) is 1.12. The molecule has 158 valence electrons. The average molecular weight is 412 g/mol. The maximum Gasteiger partial charge on any atom is 0.253 e. The molecular formula is C20H23F3N2O4. The lowest BCUT2D eigenvalue weighted by Crippen LogP contribution is -2.27. The lowest BCUT2D eigenvalue weighted by atomic mass is 10.2. The van der Waals surface area contributed by atoms with E-state index < -0.39 is 30.5 Å². The van der Waals surface area contributed by atoms with E-state index in [-0.39, 0.29) is 23.5 Å². The third kappa shape index (κ3) is 6.43. The van der Waals surface area contributed by atoms with Gasteiger partial charge in [0.1, 0.15) is 6.10 Å². The molecule has 2 N–H and O–H groups in total. The summed E-state index contributed by atoms with van der Waals surface area (Å²) >= 11 is 0. The number of hydrogen-bond donors (Lipinski definition) is 2. The number of pyridine rings is 1. The number of hydrogen-bond acceptors (Lipinski definition) is 5. The van der Waals surface area contributed by atoms with Crippen molar-refractivity contribution in [3.63, 3.8) is 0 Å². The van der Waals surface area contributed by atoms with Crippen LogP contribution in [-0.2, 0) is 9.53 Å². The molecule has 1 aromatic carbocycles. The molecule has 1 aliphatic heterocycles. The average Bonchev–Trinajstić information content (AvgIpc) is 3.17. The number of aromatic nitrogens is 1. The van der Waals surface area contributed by atoms with Crippen LogP contribution in [-0.4, -0.2) is 41.9 Å². The van der Waals surface area contributed by atoms with Crippen LogP contribution in [0.5, 0.6) is 5.75 Å². The Morgan fingerprint density at radius 1 is 1.34 bits per heavy atom. The van der Waals surface area contributed by atoms with Crippen LogP contribution in [0.25, 0.3) is 0 Å². The number of aliphatic hydroxyl groups excluding tert-OH is 1. The summed E-state index contributed by atoms with van der Waals surface area (Å²) in [5, 5.41) is 11.3. The maximum atomic E-state index is 13.1. The summed E-state index contributed by atoms with van der Waals surface area (Å²) < 4.78 is 47.9. The van der Waals surface area contributed by atoms with Gasteiger partial charge in [0.15, 0.2) is 17.7 Å².